The SMILES string of the molecule is O=C1N[C@H](c2cncc(-c3cccc(C(F)(F)F)c3)c2)C(c2cccc(F)c2)O1. The number of carbonyl (C=O) groups excluding carboxylic acids is 1. The van der Waals surface area contributed by atoms with Gasteiger partial charge in [0, 0.05) is 18.0 Å². The summed E-state index contributed by atoms with van der Waals surface area (Å²) < 4.78 is 57.9. The molecule has 1 aliphatic heterocycles. The predicted molar refractivity (Wildman–Crippen MR) is 96.2 cm³/mol. The van der Waals surface area contributed by atoms with E-state index in [9.17, 15) is 22.4 Å². The van der Waals surface area contributed by atoms with Crippen molar-refractivity contribution in [2.75, 3.05) is 0 Å². The second kappa shape index (κ2) is 7.20. The van der Waals surface area contributed by atoms with Gasteiger partial charge in [0.15, 0.2) is 6.10 Å². The number of benzene rings is 2. The van der Waals surface area contributed by atoms with Crippen molar-refractivity contribution in [3.8, 4) is 11.1 Å². The molecule has 1 unspecified atom stereocenters. The van der Waals surface area contributed by atoms with Crippen molar-refractivity contribution >= 4 is 6.09 Å². The first-order valence-electron chi connectivity index (χ1n) is 8.66. The molecule has 1 amide bonds. The van der Waals surface area contributed by atoms with E-state index in [-0.39, 0.29) is 0 Å². The van der Waals surface area contributed by atoms with E-state index in [1.807, 2.05) is 0 Å². The van der Waals surface area contributed by atoms with E-state index in [1.54, 1.807) is 18.2 Å². The third-order valence-electron chi connectivity index (χ3n) is 4.63. The molecule has 2 aromatic carbocycles. The summed E-state index contributed by atoms with van der Waals surface area (Å²) in [7, 11) is 0. The number of rotatable bonds is 3. The van der Waals surface area contributed by atoms with Gasteiger partial charge in [-0.05, 0) is 47.0 Å². The molecule has 1 N–H and O–H groups in total. The number of aromatic nitrogens is 1. The van der Waals surface area contributed by atoms with Crippen LogP contribution in [-0.4, -0.2) is 11.1 Å². The van der Waals surface area contributed by atoms with E-state index >= 15 is 0 Å². The lowest BCUT2D eigenvalue weighted by atomic mass is 9.95. The zero-order valence-electron chi connectivity index (χ0n) is 14.8. The fraction of sp³-hybridized carbons (Fsp3) is 0.143. The van der Waals surface area contributed by atoms with Crippen LogP contribution in [0.2, 0.25) is 0 Å². The van der Waals surface area contributed by atoms with Crippen LogP contribution in [-0.2, 0) is 10.9 Å². The van der Waals surface area contributed by atoms with Crippen LogP contribution in [0.3, 0.4) is 0 Å². The minimum absolute atomic E-state index is 0.335. The molecular formula is C21H14F4N2O2. The van der Waals surface area contributed by atoms with Crippen molar-refractivity contribution in [2.45, 2.75) is 18.3 Å². The molecule has 1 saturated heterocycles. The van der Waals surface area contributed by atoms with E-state index in [1.165, 1.54) is 36.7 Å². The number of halogens is 4. The molecular weight excluding hydrogens is 388 g/mol. The first-order valence-corrected chi connectivity index (χ1v) is 8.66. The summed E-state index contributed by atoms with van der Waals surface area (Å²) in [5.74, 6) is -0.472. The Kier molecular flexibility index (Phi) is 4.70. The molecule has 1 aromatic heterocycles. The van der Waals surface area contributed by atoms with Gasteiger partial charge in [0.2, 0.25) is 0 Å². The Morgan fingerprint density at radius 1 is 0.931 bits per heavy atom. The molecule has 0 saturated carbocycles. The maximum Gasteiger partial charge on any atom is 0.416 e. The van der Waals surface area contributed by atoms with Gasteiger partial charge < -0.3 is 10.1 Å². The minimum atomic E-state index is -4.46. The van der Waals surface area contributed by atoms with Crippen LogP contribution < -0.4 is 5.32 Å². The highest BCUT2D eigenvalue weighted by Gasteiger charge is 2.37. The third-order valence-corrected chi connectivity index (χ3v) is 4.63. The van der Waals surface area contributed by atoms with E-state index < -0.39 is 35.8 Å². The number of amides is 1. The number of hydrogen-bond donors (Lipinski definition) is 1. The second-order valence-corrected chi connectivity index (χ2v) is 6.59. The number of carbonyl (C=O) groups is 1. The second-order valence-electron chi connectivity index (χ2n) is 6.59. The van der Waals surface area contributed by atoms with E-state index in [4.69, 9.17) is 4.74 Å². The molecule has 3 aromatic rings. The molecule has 4 nitrogen and oxygen atoms in total. The van der Waals surface area contributed by atoms with E-state index in [0.717, 1.165) is 12.1 Å². The zero-order valence-corrected chi connectivity index (χ0v) is 14.8. The van der Waals surface area contributed by atoms with Crippen LogP contribution in [0.15, 0.2) is 67.0 Å². The van der Waals surface area contributed by atoms with Crippen LogP contribution in [0, 0.1) is 5.82 Å². The van der Waals surface area contributed by atoms with Crippen LogP contribution >= 0.6 is 0 Å². The summed E-state index contributed by atoms with van der Waals surface area (Å²) in [4.78, 5) is 15.9. The first-order chi connectivity index (χ1) is 13.8. The van der Waals surface area contributed by atoms with Crippen LogP contribution in [0.1, 0.15) is 28.8 Å². The largest absolute Gasteiger partial charge is 0.439 e. The lowest BCUT2D eigenvalue weighted by Gasteiger charge is -2.18. The average molecular weight is 402 g/mol. The smallest absolute Gasteiger partial charge is 0.416 e. The van der Waals surface area contributed by atoms with Crippen molar-refractivity contribution < 1.29 is 27.1 Å². The van der Waals surface area contributed by atoms with Gasteiger partial charge in [0.25, 0.3) is 0 Å². The van der Waals surface area contributed by atoms with Crippen LogP contribution in [0.5, 0.6) is 0 Å². The number of alkyl halides is 3. The topological polar surface area (TPSA) is 51.2 Å². The molecule has 0 radical (unpaired) electrons. The van der Waals surface area contributed by atoms with E-state index in [2.05, 4.69) is 10.3 Å². The monoisotopic (exact) mass is 402 g/mol. The van der Waals surface area contributed by atoms with E-state index in [0.29, 0.717) is 22.3 Å². The van der Waals surface area contributed by atoms with Crippen molar-refractivity contribution in [2.24, 2.45) is 0 Å². The highest BCUT2D eigenvalue weighted by atomic mass is 19.4. The molecule has 8 heteroatoms. The highest BCUT2D eigenvalue weighted by molar-refractivity contribution is 5.72. The van der Waals surface area contributed by atoms with Crippen molar-refractivity contribution in [1.29, 1.82) is 0 Å². The van der Waals surface area contributed by atoms with Gasteiger partial charge in [-0.2, -0.15) is 13.2 Å². The molecule has 1 aliphatic rings. The standard InChI is InChI=1S/C21H14F4N2O2/c22-17-6-2-4-13(9-17)19-18(27-20(28)29-19)15-7-14(10-26-11-15)12-3-1-5-16(8-12)21(23,24)25/h1-11,18-19H,(H,27,28)/t18-,19?/m1/s1. The van der Waals surface area contributed by atoms with Gasteiger partial charge in [0.05, 0.1) is 5.56 Å². The molecule has 4 rings (SSSR count). The molecule has 148 valence electrons. The Morgan fingerprint density at radius 3 is 2.48 bits per heavy atom. The van der Waals surface area contributed by atoms with Crippen LogP contribution in [0.4, 0.5) is 22.4 Å². The van der Waals surface area contributed by atoms with Gasteiger partial charge >= 0.3 is 12.3 Å². The normalized spacial score (nSPS) is 19.0. The van der Waals surface area contributed by atoms with Crippen molar-refractivity contribution in [3.63, 3.8) is 0 Å². The summed E-state index contributed by atoms with van der Waals surface area (Å²) in [6.07, 6.45) is -3.00. The minimum Gasteiger partial charge on any atom is -0.439 e. The molecule has 2 heterocycles. The Labute approximate surface area is 163 Å². The number of nitrogens with one attached hydrogen (secondary N) is 1. The Morgan fingerprint density at radius 2 is 1.72 bits per heavy atom. The quantitative estimate of drug-likeness (QED) is 0.595. The number of cyclic esters (lactones) is 1. The zero-order chi connectivity index (χ0) is 20.6. The first kappa shape index (κ1) is 18.9. The lowest BCUT2D eigenvalue weighted by molar-refractivity contribution is -0.137. The van der Waals surface area contributed by atoms with Gasteiger partial charge in [-0.3, -0.25) is 4.98 Å². The summed E-state index contributed by atoms with van der Waals surface area (Å²) in [5, 5.41) is 2.65. The predicted octanol–water partition coefficient (Wildman–Crippen LogP) is 5.43. The number of nitrogens with zero attached hydrogens (tertiary/aromatic N) is 1. The molecule has 0 aliphatic carbocycles. The molecule has 0 spiro atoms. The maximum atomic E-state index is 13.6. The lowest BCUT2D eigenvalue weighted by Crippen LogP contribution is -2.19. The van der Waals surface area contributed by atoms with Gasteiger partial charge in [0.1, 0.15) is 11.9 Å². The summed E-state index contributed by atoms with van der Waals surface area (Å²) >= 11 is 0. The number of hydrogen-bond acceptors (Lipinski definition) is 3. The molecule has 29 heavy (non-hydrogen) atoms. The van der Waals surface area contributed by atoms with Gasteiger partial charge in [-0.15, -0.1) is 0 Å². The van der Waals surface area contributed by atoms with Crippen molar-refractivity contribution in [3.05, 3.63) is 89.5 Å². The summed E-state index contributed by atoms with van der Waals surface area (Å²) in [5.41, 5.74) is 1.00. The number of pyridine rings is 1. The molecule has 0 bridgehead atoms. The van der Waals surface area contributed by atoms with Crippen molar-refractivity contribution in [1.82, 2.24) is 10.3 Å². The molecule has 1 fully saturated rings. The van der Waals surface area contributed by atoms with Crippen LogP contribution in [0.25, 0.3) is 11.1 Å². The highest BCUT2D eigenvalue weighted by Crippen LogP contribution is 2.38. The fourth-order valence-corrected chi connectivity index (χ4v) is 3.28. The third kappa shape index (κ3) is 3.91. The fourth-order valence-electron chi connectivity index (χ4n) is 3.28. The van der Waals surface area contributed by atoms with Gasteiger partial charge in [-0.25, -0.2) is 9.18 Å². The maximum absolute atomic E-state index is 13.6. The molecule has 2 atom stereocenters. The Hall–Kier alpha value is -3.42. The Bertz CT molecular complexity index is 1070. The average Bonchev–Trinajstić information content (AvgIpc) is 3.09. The van der Waals surface area contributed by atoms with Gasteiger partial charge in [-0.1, -0.05) is 24.3 Å². The Balaban J connectivity index is 1.70. The number of ether oxygens (including phenoxy) is 1. The summed E-state index contributed by atoms with van der Waals surface area (Å²) in [6.45, 7) is 0. The summed E-state index contributed by atoms with van der Waals surface area (Å²) in [6, 6.07) is 11.5. The number of alkyl carbamates (subject to hydrolysis) is 1.